The van der Waals surface area contributed by atoms with Crippen molar-refractivity contribution in [2.24, 2.45) is 0 Å². The first-order chi connectivity index (χ1) is 11.0. The molecule has 7 heteroatoms. The van der Waals surface area contributed by atoms with Crippen molar-refractivity contribution in [2.75, 3.05) is 31.1 Å². The van der Waals surface area contributed by atoms with Crippen LogP contribution in [-0.4, -0.2) is 53.3 Å². The molecule has 128 valence electrons. The highest BCUT2D eigenvalue weighted by molar-refractivity contribution is 5.42. The fourth-order valence-electron chi connectivity index (χ4n) is 3.68. The summed E-state index contributed by atoms with van der Waals surface area (Å²) in [4.78, 5) is 8.07. The average Bonchev–Trinajstić information content (AvgIpc) is 3.16. The lowest BCUT2D eigenvalue weighted by molar-refractivity contribution is -0.141. The molecule has 0 bridgehead atoms. The minimum absolute atomic E-state index is 0.147. The normalized spacial score (nSPS) is 26.2. The lowest BCUT2D eigenvalue weighted by Gasteiger charge is -2.32. The number of hydrogen-bond donors (Lipinski definition) is 1. The Labute approximate surface area is 133 Å². The van der Waals surface area contributed by atoms with Crippen molar-refractivity contribution >= 4 is 5.82 Å². The van der Waals surface area contributed by atoms with Gasteiger partial charge in [-0.1, -0.05) is 6.07 Å². The van der Waals surface area contributed by atoms with Gasteiger partial charge in [-0.25, -0.2) is 4.98 Å². The zero-order chi connectivity index (χ0) is 16.4. The SMILES string of the molecule is OCC1CCCN1CC1CCCN1c1cccc(C(F)(F)F)n1. The van der Waals surface area contributed by atoms with E-state index < -0.39 is 11.9 Å². The summed E-state index contributed by atoms with van der Waals surface area (Å²) in [6.07, 6.45) is -0.445. The predicted molar refractivity (Wildman–Crippen MR) is 81.3 cm³/mol. The molecular weight excluding hydrogens is 307 g/mol. The molecule has 0 aromatic carbocycles. The van der Waals surface area contributed by atoms with Gasteiger partial charge in [0, 0.05) is 25.2 Å². The quantitative estimate of drug-likeness (QED) is 0.921. The second kappa shape index (κ2) is 6.65. The van der Waals surface area contributed by atoms with Gasteiger partial charge in [0.25, 0.3) is 0 Å². The number of hydrogen-bond acceptors (Lipinski definition) is 4. The Kier molecular flexibility index (Phi) is 4.77. The van der Waals surface area contributed by atoms with Crippen LogP contribution in [0.2, 0.25) is 0 Å². The van der Waals surface area contributed by atoms with Crippen LogP contribution in [0.15, 0.2) is 18.2 Å². The predicted octanol–water partition coefficient (Wildman–Crippen LogP) is 2.53. The summed E-state index contributed by atoms with van der Waals surface area (Å²) >= 11 is 0. The van der Waals surface area contributed by atoms with Crippen molar-refractivity contribution in [1.29, 1.82) is 0 Å². The maximum Gasteiger partial charge on any atom is 0.433 e. The minimum Gasteiger partial charge on any atom is -0.395 e. The van der Waals surface area contributed by atoms with E-state index in [9.17, 15) is 18.3 Å². The second-order valence-electron chi connectivity index (χ2n) is 6.34. The second-order valence-corrected chi connectivity index (χ2v) is 6.34. The number of anilines is 1. The highest BCUT2D eigenvalue weighted by Crippen LogP contribution is 2.31. The molecule has 4 nitrogen and oxygen atoms in total. The van der Waals surface area contributed by atoms with Crippen LogP contribution in [0.1, 0.15) is 31.4 Å². The molecule has 2 saturated heterocycles. The van der Waals surface area contributed by atoms with Gasteiger partial charge >= 0.3 is 6.18 Å². The van der Waals surface area contributed by atoms with Crippen molar-refractivity contribution in [1.82, 2.24) is 9.88 Å². The smallest absolute Gasteiger partial charge is 0.395 e. The first-order valence-electron chi connectivity index (χ1n) is 8.15. The number of likely N-dealkylation sites (tertiary alicyclic amines) is 1. The molecule has 2 unspecified atom stereocenters. The number of halogens is 3. The standard InChI is InChI=1S/C16H22F3N3O/c17-16(18,19)14-6-1-7-15(20-14)22-9-3-4-12(22)10-21-8-2-5-13(21)11-23/h1,6-7,12-13,23H,2-5,8-11H2. The van der Waals surface area contributed by atoms with Gasteiger partial charge in [-0.2, -0.15) is 13.2 Å². The Bertz CT molecular complexity index is 538. The van der Waals surface area contributed by atoms with Crippen LogP contribution in [0, 0.1) is 0 Å². The molecular formula is C16H22F3N3O. The Morgan fingerprint density at radius 1 is 1.13 bits per heavy atom. The Morgan fingerprint density at radius 2 is 1.87 bits per heavy atom. The summed E-state index contributed by atoms with van der Waals surface area (Å²) in [7, 11) is 0. The zero-order valence-corrected chi connectivity index (χ0v) is 13.0. The molecule has 2 fully saturated rings. The highest BCUT2D eigenvalue weighted by atomic mass is 19.4. The topological polar surface area (TPSA) is 39.6 Å². The Hall–Kier alpha value is -1.34. The van der Waals surface area contributed by atoms with E-state index in [2.05, 4.69) is 9.88 Å². The lowest BCUT2D eigenvalue weighted by Crippen LogP contribution is -2.43. The van der Waals surface area contributed by atoms with E-state index in [-0.39, 0.29) is 18.7 Å². The van der Waals surface area contributed by atoms with Crippen molar-refractivity contribution < 1.29 is 18.3 Å². The summed E-state index contributed by atoms with van der Waals surface area (Å²) in [5, 5.41) is 9.43. The first kappa shape index (κ1) is 16.5. The number of pyridine rings is 1. The fourth-order valence-corrected chi connectivity index (χ4v) is 3.68. The number of aliphatic hydroxyl groups excluding tert-OH is 1. The number of aliphatic hydroxyl groups is 1. The molecule has 1 aromatic heterocycles. The molecule has 2 atom stereocenters. The number of aromatic nitrogens is 1. The minimum atomic E-state index is -4.41. The maximum absolute atomic E-state index is 12.9. The third-order valence-corrected chi connectivity index (χ3v) is 4.85. The van der Waals surface area contributed by atoms with E-state index in [1.54, 1.807) is 6.07 Å². The molecule has 0 radical (unpaired) electrons. The zero-order valence-electron chi connectivity index (χ0n) is 13.0. The largest absolute Gasteiger partial charge is 0.433 e. The molecule has 0 saturated carbocycles. The van der Waals surface area contributed by atoms with Crippen LogP contribution >= 0.6 is 0 Å². The van der Waals surface area contributed by atoms with E-state index in [0.717, 1.165) is 51.4 Å². The number of rotatable bonds is 4. The number of nitrogens with zero attached hydrogens (tertiary/aromatic N) is 3. The molecule has 0 aliphatic carbocycles. The highest BCUT2D eigenvalue weighted by Gasteiger charge is 2.35. The van der Waals surface area contributed by atoms with E-state index in [0.29, 0.717) is 5.82 Å². The van der Waals surface area contributed by atoms with Gasteiger partial charge in [0.05, 0.1) is 6.61 Å². The van der Waals surface area contributed by atoms with E-state index in [1.165, 1.54) is 6.07 Å². The monoisotopic (exact) mass is 329 g/mol. The van der Waals surface area contributed by atoms with Crippen LogP contribution < -0.4 is 4.90 Å². The van der Waals surface area contributed by atoms with Gasteiger partial charge in [0.2, 0.25) is 0 Å². The van der Waals surface area contributed by atoms with Crippen molar-refractivity contribution in [3.63, 3.8) is 0 Å². The first-order valence-corrected chi connectivity index (χ1v) is 8.15. The average molecular weight is 329 g/mol. The summed E-state index contributed by atoms with van der Waals surface area (Å²) in [5.74, 6) is 0.405. The van der Waals surface area contributed by atoms with Gasteiger partial charge in [-0.3, -0.25) is 4.90 Å². The van der Waals surface area contributed by atoms with E-state index in [4.69, 9.17) is 0 Å². The molecule has 3 rings (SSSR count). The molecule has 23 heavy (non-hydrogen) atoms. The van der Waals surface area contributed by atoms with Gasteiger partial charge in [-0.05, 0) is 44.4 Å². The maximum atomic E-state index is 12.9. The third-order valence-electron chi connectivity index (χ3n) is 4.85. The fraction of sp³-hybridized carbons (Fsp3) is 0.688. The van der Waals surface area contributed by atoms with Crippen LogP contribution in [0.5, 0.6) is 0 Å². The van der Waals surface area contributed by atoms with Crippen molar-refractivity contribution in [3.8, 4) is 0 Å². The molecule has 0 amide bonds. The summed E-state index contributed by atoms with van der Waals surface area (Å²) < 4.78 is 38.6. The van der Waals surface area contributed by atoms with E-state index >= 15 is 0 Å². The molecule has 0 spiro atoms. The molecule has 1 aromatic rings. The van der Waals surface area contributed by atoms with Crippen LogP contribution in [0.4, 0.5) is 19.0 Å². The third kappa shape index (κ3) is 3.61. The van der Waals surface area contributed by atoms with Gasteiger partial charge in [-0.15, -0.1) is 0 Å². The van der Waals surface area contributed by atoms with Crippen molar-refractivity contribution in [3.05, 3.63) is 23.9 Å². The molecule has 1 N–H and O–H groups in total. The van der Waals surface area contributed by atoms with Crippen molar-refractivity contribution in [2.45, 2.75) is 43.9 Å². The number of alkyl halides is 3. The molecule has 2 aliphatic heterocycles. The van der Waals surface area contributed by atoms with Crippen LogP contribution in [0.3, 0.4) is 0 Å². The van der Waals surface area contributed by atoms with Crippen LogP contribution in [0.25, 0.3) is 0 Å². The summed E-state index contributed by atoms with van der Waals surface area (Å²) in [6, 6.07) is 4.44. The lowest BCUT2D eigenvalue weighted by atomic mass is 10.2. The summed E-state index contributed by atoms with van der Waals surface area (Å²) in [6.45, 7) is 2.61. The Balaban J connectivity index is 1.74. The molecule has 3 heterocycles. The van der Waals surface area contributed by atoms with E-state index in [1.807, 2.05) is 4.90 Å². The van der Waals surface area contributed by atoms with Gasteiger partial charge in [0.15, 0.2) is 0 Å². The van der Waals surface area contributed by atoms with Crippen LogP contribution in [-0.2, 0) is 6.18 Å². The molecule has 2 aliphatic rings. The Morgan fingerprint density at radius 3 is 2.61 bits per heavy atom. The summed E-state index contributed by atoms with van der Waals surface area (Å²) in [5.41, 5.74) is -0.838. The van der Waals surface area contributed by atoms with Gasteiger partial charge in [0.1, 0.15) is 11.5 Å². The van der Waals surface area contributed by atoms with Gasteiger partial charge < -0.3 is 10.0 Å².